The van der Waals surface area contributed by atoms with E-state index >= 15 is 0 Å². The Morgan fingerprint density at radius 3 is 2.75 bits per heavy atom. The van der Waals surface area contributed by atoms with Crippen LogP contribution in [0.3, 0.4) is 0 Å². The van der Waals surface area contributed by atoms with Crippen LogP contribution >= 0.6 is 0 Å². The maximum Gasteiger partial charge on any atom is 0.263 e. The molecule has 0 bridgehead atoms. The van der Waals surface area contributed by atoms with Crippen molar-refractivity contribution >= 4 is 15.9 Å². The predicted molar refractivity (Wildman–Crippen MR) is 60.9 cm³/mol. The Kier molecular flexibility index (Phi) is 1.89. The molecule has 2 atom stereocenters. The highest BCUT2D eigenvalue weighted by molar-refractivity contribution is 7.90. The number of hydrogen-bond acceptors (Lipinski definition) is 3. The molecule has 0 saturated heterocycles. The Labute approximate surface area is 94.5 Å². The van der Waals surface area contributed by atoms with Crippen molar-refractivity contribution in [3.8, 4) is 0 Å². The van der Waals surface area contributed by atoms with Crippen LogP contribution in [0.5, 0.6) is 0 Å². The maximum absolute atomic E-state index is 11.8. The van der Waals surface area contributed by atoms with E-state index in [1.807, 2.05) is 6.07 Å². The van der Waals surface area contributed by atoms with Crippen molar-refractivity contribution in [3.63, 3.8) is 0 Å². The Hall–Kier alpha value is -1.36. The number of amidine groups is 1. The first kappa shape index (κ1) is 9.84. The highest BCUT2D eigenvalue weighted by atomic mass is 32.2. The van der Waals surface area contributed by atoms with E-state index in [1.54, 1.807) is 18.2 Å². The molecule has 0 radical (unpaired) electrons. The van der Waals surface area contributed by atoms with E-state index in [1.165, 1.54) is 0 Å². The van der Waals surface area contributed by atoms with Crippen molar-refractivity contribution in [2.75, 3.05) is 0 Å². The van der Waals surface area contributed by atoms with Crippen molar-refractivity contribution in [1.29, 1.82) is 0 Å². The molecule has 1 aromatic rings. The van der Waals surface area contributed by atoms with Gasteiger partial charge in [-0.2, -0.15) is 0 Å². The molecule has 1 heterocycles. The molecule has 1 aromatic carbocycles. The second kappa shape index (κ2) is 3.07. The average Bonchev–Trinajstić information content (AvgIpc) is 2.86. The largest absolute Gasteiger partial charge is 0.264 e. The minimum atomic E-state index is -3.37. The molecule has 2 aliphatic rings. The lowest BCUT2D eigenvalue weighted by atomic mass is 10.2. The summed E-state index contributed by atoms with van der Waals surface area (Å²) in [5, 5.41) is 0. The fourth-order valence-electron chi connectivity index (χ4n) is 1.88. The van der Waals surface area contributed by atoms with E-state index in [9.17, 15) is 8.42 Å². The van der Waals surface area contributed by atoms with Gasteiger partial charge in [0.25, 0.3) is 10.0 Å². The monoisotopic (exact) mass is 236 g/mol. The van der Waals surface area contributed by atoms with Crippen LogP contribution in [0.15, 0.2) is 34.2 Å². The molecule has 16 heavy (non-hydrogen) atoms. The molecule has 1 saturated carbocycles. The van der Waals surface area contributed by atoms with Gasteiger partial charge in [-0.15, -0.1) is 0 Å². The third-order valence-corrected chi connectivity index (χ3v) is 4.42. The van der Waals surface area contributed by atoms with E-state index in [0.29, 0.717) is 22.2 Å². The van der Waals surface area contributed by atoms with E-state index in [2.05, 4.69) is 16.6 Å². The summed E-state index contributed by atoms with van der Waals surface area (Å²) in [7, 11) is -3.37. The number of benzene rings is 1. The zero-order valence-corrected chi connectivity index (χ0v) is 9.66. The number of fused-ring (bicyclic) bond motifs is 1. The molecule has 84 valence electrons. The second-order valence-corrected chi connectivity index (χ2v) is 6.01. The van der Waals surface area contributed by atoms with Crippen LogP contribution in [0.4, 0.5) is 0 Å². The van der Waals surface area contributed by atoms with E-state index in [-0.39, 0.29) is 6.04 Å². The van der Waals surface area contributed by atoms with Crippen molar-refractivity contribution in [1.82, 2.24) is 4.72 Å². The Bertz CT molecular complexity index is 577. The van der Waals surface area contributed by atoms with Crippen molar-refractivity contribution in [2.45, 2.75) is 24.3 Å². The number of nitrogens with one attached hydrogen (secondary N) is 1. The lowest BCUT2D eigenvalue weighted by Gasteiger charge is -1.97. The minimum absolute atomic E-state index is 0.281. The molecule has 1 aliphatic heterocycles. The molecule has 4 nitrogen and oxygen atoms in total. The number of rotatable bonds is 1. The highest BCUT2D eigenvalue weighted by Crippen LogP contribution is 2.34. The Morgan fingerprint density at radius 1 is 1.38 bits per heavy atom. The molecule has 1 aliphatic carbocycles. The van der Waals surface area contributed by atoms with E-state index in [0.717, 1.165) is 6.42 Å². The number of hydrogen-bond donors (Lipinski definition) is 1. The van der Waals surface area contributed by atoms with Gasteiger partial charge in [0.15, 0.2) is 0 Å². The second-order valence-electron chi connectivity index (χ2n) is 4.36. The van der Waals surface area contributed by atoms with Gasteiger partial charge in [-0.1, -0.05) is 19.1 Å². The van der Waals surface area contributed by atoms with Gasteiger partial charge >= 0.3 is 0 Å². The average molecular weight is 236 g/mol. The van der Waals surface area contributed by atoms with Crippen LogP contribution in [0.1, 0.15) is 18.9 Å². The van der Waals surface area contributed by atoms with Crippen molar-refractivity contribution < 1.29 is 8.42 Å². The van der Waals surface area contributed by atoms with E-state index in [4.69, 9.17) is 0 Å². The predicted octanol–water partition coefficient (Wildman–Crippen LogP) is 1.13. The molecule has 5 heteroatoms. The third kappa shape index (κ3) is 1.43. The summed E-state index contributed by atoms with van der Waals surface area (Å²) in [5.74, 6) is 1.08. The first-order valence-electron chi connectivity index (χ1n) is 5.28. The fraction of sp³-hybridized carbons (Fsp3) is 0.364. The number of aliphatic imine (C=N–C) groups is 1. The first-order valence-corrected chi connectivity index (χ1v) is 6.76. The summed E-state index contributed by atoms with van der Waals surface area (Å²) in [6.45, 7) is 2.12. The highest BCUT2D eigenvalue weighted by Gasteiger charge is 2.36. The van der Waals surface area contributed by atoms with Crippen LogP contribution in [0.2, 0.25) is 0 Å². The smallest absolute Gasteiger partial charge is 0.263 e. The molecule has 1 fully saturated rings. The summed E-state index contributed by atoms with van der Waals surface area (Å²) >= 11 is 0. The standard InChI is InChI=1S/C11H12N2O2S/c1-7-6-9(7)12-11-8-4-2-3-5-10(8)16(14,15)13-11/h2-5,7,9H,6H2,1H3,(H,12,13). The van der Waals surface area contributed by atoms with Crippen LogP contribution in [-0.4, -0.2) is 20.3 Å². The summed E-state index contributed by atoms with van der Waals surface area (Å²) in [5.41, 5.74) is 0.696. The quantitative estimate of drug-likeness (QED) is 0.794. The van der Waals surface area contributed by atoms with Gasteiger partial charge in [-0.05, 0) is 24.5 Å². The molecule has 0 amide bonds. The van der Waals surface area contributed by atoms with Gasteiger partial charge in [-0.3, -0.25) is 9.71 Å². The molecule has 2 unspecified atom stereocenters. The topological polar surface area (TPSA) is 58.5 Å². The van der Waals surface area contributed by atoms with Gasteiger partial charge in [0.2, 0.25) is 0 Å². The summed E-state index contributed by atoms with van der Waals surface area (Å²) in [4.78, 5) is 4.77. The molecular weight excluding hydrogens is 224 g/mol. The van der Waals surface area contributed by atoms with Gasteiger partial charge in [0, 0.05) is 5.56 Å². The van der Waals surface area contributed by atoms with Crippen molar-refractivity contribution in [3.05, 3.63) is 29.8 Å². The molecule has 1 N–H and O–H groups in total. The van der Waals surface area contributed by atoms with Crippen LogP contribution < -0.4 is 4.72 Å². The van der Waals surface area contributed by atoms with Gasteiger partial charge in [0.05, 0.1) is 10.9 Å². The van der Waals surface area contributed by atoms with Crippen molar-refractivity contribution in [2.24, 2.45) is 10.9 Å². The fourth-order valence-corrected chi connectivity index (χ4v) is 3.12. The minimum Gasteiger partial charge on any atom is -0.264 e. The molecule has 0 spiro atoms. The number of sulfonamides is 1. The van der Waals surface area contributed by atoms with Gasteiger partial charge in [-0.25, -0.2) is 8.42 Å². The van der Waals surface area contributed by atoms with Crippen LogP contribution in [0.25, 0.3) is 0 Å². The zero-order chi connectivity index (χ0) is 11.3. The molecule has 3 rings (SSSR count). The lowest BCUT2D eigenvalue weighted by Crippen LogP contribution is -2.22. The first-order chi connectivity index (χ1) is 7.58. The van der Waals surface area contributed by atoms with Crippen LogP contribution in [-0.2, 0) is 10.0 Å². The summed E-state index contributed by atoms with van der Waals surface area (Å²) < 4.78 is 26.0. The maximum atomic E-state index is 11.8. The Balaban J connectivity index is 2.10. The molecule has 0 aromatic heterocycles. The normalized spacial score (nSPS) is 32.2. The lowest BCUT2D eigenvalue weighted by molar-refractivity contribution is 0.595. The third-order valence-electron chi connectivity index (χ3n) is 3.02. The Morgan fingerprint density at radius 2 is 2.06 bits per heavy atom. The summed E-state index contributed by atoms with van der Waals surface area (Å²) in [6, 6.07) is 7.23. The number of nitrogens with zero attached hydrogens (tertiary/aromatic N) is 1. The van der Waals surface area contributed by atoms with Crippen LogP contribution in [0, 0.1) is 5.92 Å². The zero-order valence-electron chi connectivity index (χ0n) is 8.84. The van der Waals surface area contributed by atoms with Gasteiger partial charge < -0.3 is 0 Å². The SMILES string of the molecule is CC1CC1N=C1NS(=O)(=O)c2ccccc21. The molecular formula is C11H12N2O2S. The van der Waals surface area contributed by atoms with Gasteiger partial charge in [0.1, 0.15) is 5.84 Å². The summed E-state index contributed by atoms with van der Waals surface area (Å²) in [6.07, 6.45) is 1.05. The van der Waals surface area contributed by atoms with E-state index < -0.39 is 10.0 Å².